The third-order valence-electron chi connectivity index (χ3n) is 10.1. The predicted octanol–water partition coefficient (Wildman–Crippen LogP) is -6.15. The summed E-state index contributed by atoms with van der Waals surface area (Å²) in [5.74, 6) is -6.33. The minimum atomic E-state index is -3.79. The van der Waals surface area contributed by atoms with E-state index in [1.807, 2.05) is 15.7 Å². The van der Waals surface area contributed by atoms with Gasteiger partial charge >= 0.3 is 5.92 Å². The molecule has 0 N–H and O–H groups in total. The third kappa shape index (κ3) is 4.26. The van der Waals surface area contributed by atoms with Crippen molar-refractivity contribution in [1.29, 1.82) is 0 Å². The van der Waals surface area contributed by atoms with Gasteiger partial charge in [-0.2, -0.15) is 8.78 Å². The van der Waals surface area contributed by atoms with Gasteiger partial charge in [0.15, 0.2) is 0 Å². The fraction of sp³-hybridized carbons (Fsp3) is 0.273. The molecule has 0 saturated carbocycles. The Hall–Kier alpha value is -2.75. The Kier molecular flexibility index (Phi) is 7.34. The van der Waals surface area contributed by atoms with Crippen molar-refractivity contribution in [3.8, 4) is 0 Å². The van der Waals surface area contributed by atoms with Crippen LogP contribution >= 0.6 is 11.6 Å². The topological polar surface area (TPSA) is 78.0 Å². The van der Waals surface area contributed by atoms with Crippen LogP contribution in [-0.4, -0.2) is 114 Å². The Labute approximate surface area is 251 Å². The summed E-state index contributed by atoms with van der Waals surface area (Å²) >= 11 is 5.83. The molecule has 7 nitrogen and oxygen atoms in total. The lowest BCUT2D eigenvalue weighted by molar-refractivity contribution is -0.155. The van der Waals surface area contributed by atoms with Crippen LogP contribution in [0.2, 0.25) is 15.5 Å². The van der Waals surface area contributed by atoms with Gasteiger partial charge in [-0.1, -0.05) is 41.1 Å². The van der Waals surface area contributed by atoms with Crippen LogP contribution < -0.4 is 0 Å². The van der Waals surface area contributed by atoms with Crippen LogP contribution in [0, 0.1) is 0 Å². The van der Waals surface area contributed by atoms with Crippen molar-refractivity contribution in [2.45, 2.75) is 33.7 Å². The SMILES string of the molecule is BN1C(=O)C(B)(B)C(B)(B)[C@@](B)(N2Cc3cc(C(B)(B)N(B)C(=O)C(F)(F)c4ccc(Cl)cc4)ccc3C2=O)C1=O. The number of nitrogens with zero attached hydrogens (tertiary/aromatic N) is 3. The summed E-state index contributed by atoms with van der Waals surface area (Å²) in [5.41, 5.74) is -0.289. The number of benzene rings is 2. The van der Waals surface area contributed by atoms with Crippen molar-refractivity contribution in [3.05, 3.63) is 69.7 Å². The van der Waals surface area contributed by atoms with Crippen molar-refractivity contribution in [2.24, 2.45) is 0 Å². The van der Waals surface area contributed by atoms with Crippen molar-refractivity contribution < 1.29 is 28.0 Å². The molecule has 0 radical (unpaired) electrons. The standard InChI is InChI=1S/C22H27B9ClF2N3O4/c23-19(24)16(40)36(30)17(41)20(25,22(19,28)29)35-8-9-7-11(3-6-13(9)14(35)38)21(26,27)37(31)15(39)18(33,34)10-1-4-12(32)5-2-10/h1-7H,8,23-31H2/t20-/m0/s1. The number of hydrogen-bond donors (Lipinski definition) is 0. The average Bonchev–Trinajstić information content (AvgIpc) is 3.25. The molecule has 2 aliphatic rings. The number of alkyl halides is 2. The summed E-state index contributed by atoms with van der Waals surface area (Å²) in [6.45, 7) is 0.0838. The van der Waals surface area contributed by atoms with E-state index in [-0.39, 0.29) is 23.4 Å². The van der Waals surface area contributed by atoms with Gasteiger partial charge in [-0.25, -0.2) is 0 Å². The van der Waals surface area contributed by atoms with Gasteiger partial charge in [0.2, 0.25) is 27.8 Å². The highest BCUT2D eigenvalue weighted by atomic mass is 35.5. The maximum atomic E-state index is 15.2. The van der Waals surface area contributed by atoms with Crippen molar-refractivity contribution in [1.82, 2.24) is 14.5 Å². The first-order valence-corrected chi connectivity index (χ1v) is 13.7. The maximum absolute atomic E-state index is 15.2. The zero-order chi connectivity index (χ0) is 31.1. The van der Waals surface area contributed by atoms with E-state index in [0.29, 0.717) is 16.7 Å². The van der Waals surface area contributed by atoms with Crippen LogP contribution in [-0.2, 0) is 32.2 Å². The minimum absolute atomic E-state index is 0.0838. The van der Waals surface area contributed by atoms with Crippen molar-refractivity contribution in [3.63, 3.8) is 0 Å². The molecule has 202 valence electrons. The van der Waals surface area contributed by atoms with Gasteiger partial charge in [-0.15, -0.1) is 0 Å². The molecular weight excluding hydrogens is 541 g/mol. The Bertz CT molecular complexity index is 1500. The van der Waals surface area contributed by atoms with Gasteiger partial charge in [-0.05, 0) is 39.9 Å². The van der Waals surface area contributed by atoms with Gasteiger partial charge < -0.3 is 14.5 Å². The molecule has 0 aliphatic carbocycles. The number of rotatable bonds is 5. The van der Waals surface area contributed by atoms with Crippen molar-refractivity contribution >= 4 is 106 Å². The highest BCUT2D eigenvalue weighted by Gasteiger charge is 2.65. The first kappa shape index (κ1) is 31.2. The largest absolute Gasteiger partial charge is 0.393 e. The van der Waals surface area contributed by atoms with E-state index in [4.69, 9.17) is 11.6 Å². The van der Waals surface area contributed by atoms with E-state index in [1.54, 1.807) is 57.4 Å². The molecule has 0 unspecified atom stereocenters. The molecule has 2 aromatic rings. The highest BCUT2D eigenvalue weighted by molar-refractivity contribution is 6.68. The molecule has 1 fully saturated rings. The van der Waals surface area contributed by atoms with Gasteiger partial charge in [-0.3, -0.25) is 19.2 Å². The smallest absolute Gasteiger partial charge is 0.348 e. The second kappa shape index (κ2) is 9.64. The minimum Gasteiger partial charge on any atom is -0.393 e. The lowest BCUT2D eigenvalue weighted by Gasteiger charge is -2.61. The molecule has 0 bridgehead atoms. The lowest BCUT2D eigenvalue weighted by Crippen LogP contribution is -2.75. The second-order valence-corrected chi connectivity index (χ2v) is 13.2. The lowest BCUT2D eigenvalue weighted by atomic mass is 9.21. The van der Waals surface area contributed by atoms with E-state index in [9.17, 15) is 19.2 Å². The number of hydrogen-bond acceptors (Lipinski definition) is 4. The van der Waals surface area contributed by atoms with Crippen LogP contribution in [0.25, 0.3) is 0 Å². The third-order valence-corrected chi connectivity index (χ3v) is 10.4. The van der Waals surface area contributed by atoms with Gasteiger partial charge in [0.25, 0.3) is 11.8 Å². The summed E-state index contributed by atoms with van der Waals surface area (Å²) in [6, 6.07) is 9.82. The van der Waals surface area contributed by atoms with Crippen LogP contribution in [0.15, 0.2) is 42.5 Å². The predicted molar refractivity (Wildman–Crippen MR) is 177 cm³/mol. The quantitative estimate of drug-likeness (QED) is 0.266. The summed E-state index contributed by atoms with van der Waals surface area (Å²) in [5, 5.41) is -2.79. The molecule has 4 rings (SSSR count). The van der Waals surface area contributed by atoms with Gasteiger partial charge in [0.1, 0.15) is 54.9 Å². The summed E-state index contributed by atoms with van der Waals surface area (Å²) < 4.78 is 30.5. The monoisotopic (exact) mass is 569 g/mol. The summed E-state index contributed by atoms with van der Waals surface area (Å²) in [6.07, 6.45) is 0. The molecule has 2 aliphatic heterocycles. The van der Waals surface area contributed by atoms with E-state index >= 15 is 8.78 Å². The number of halogens is 3. The van der Waals surface area contributed by atoms with E-state index in [2.05, 4.69) is 0 Å². The van der Waals surface area contributed by atoms with Gasteiger partial charge in [0.05, 0.1) is 5.44 Å². The molecule has 0 aromatic heterocycles. The molecule has 1 atom stereocenters. The number of imide groups is 1. The zero-order valence-corrected chi connectivity index (χ0v) is 25.6. The average molecular weight is 568 g/mol. The first-order valence-electron chi connectivity index (χ1n) is 13.3. The Balaban J connectivity index is 1.68. The Morgan fingerprint density at radius 3 is 2.02 bits per heavy atom. The normalized spacial score (nSPS) is 22.0. The molecule has 41 heavy (non-hydrogen) atoms. The Morgan fingerprint density at radius 2 is 1.46 bits per heavy atom. The number of amides is 4. The fourth-order valence-electron chi connectivity index (χ4n) is 5.94. The van der Waals surface area contributed by atoms with Crippen LogP contribution in [0.4, 0.5) is 8.78 Å². The molecule has 0 spiro atoms. The summed E-state index contributed by atoms with van der Waals surface area (Å²) in [4.78, 5) is 57.1. The molecule has 4 amide bonds. The number of piperidine rings is 1. The first-order chi connectivity index (χ1) is 18.6. The van der Waals surface area contributed by atoms with E-state index in [0.717, 1.165) is 21.8 Å². The number of carbonyl (C=O) groups excluding carboxylic acids is 4. The highest BCUT2D eigenvalue weighted by Crippen LogP contribution is 2.57. The maximum Gasteiger partial charge on any atom is 0.348 e. The molecule has 19 heteroatoms. The second-order valence-electron chi connectivity index (χ2n) is 12.8. The van der Waals surface area contributed by atoms with Crippen molar-refractivity contribution in [2.75, 3.05) is 0 Å². The van der Waals surface area contributed by atoms with Crippen LogP contribution in [0.1, 0.15) is 27.0 Å². The number of carbonyl (C=O) groups is 4. The summed E-state index contributed by atoms with van der Waals surface area (Å²) in [7, 11) is 14.9. The number of fused-ring (bicyclic) bond motifs is 1. The van der Waals surface area contributed by atoms with Gasteiger partial charge in [0, 0.05) is 22.7 Å². The molecule has 2 aromatic carbocycles. The fourth-order valence-corrected chi connectivity index (χ4v) is 6.06. The molecular formula is C22H27B9ClF2N3O4. The Morgan fingerprint density at radius 1 is 0.927 bits per heavy atom. The van der Waals surface area contributed by atoms with Crippen LogP contribution in [0.3, 0.4) is 0 Å². The van der Waals surface area contributed by atoms with E-state index < -0.39 is 44.5 Å². The van der Waals surface area contributed by atoms with E-state index in [1.165, 1.54) is 33.0 Å². The molecule has 1 saturated heterocycles. The zero-order valence-electron chi connectivity index (χ0n) is 24.9. The molecule has 2 heterocycles. The van der Waals surface area contributed by atoms with Crippen LogP contribution in [0.5, 0.6) is 0 Å².